The second kappa shape index (κ2) is 9.86. The molecule has 2 aliphatic rings. The Balaban J connectivity index is 1.14. The van der Waals surface area contributed by atoms with Gasteiger partial charge in [0, 0.05) is 38.6 Å². The van der Waals surface area contributed by atoms with Crippen LogP contribution in [-0.2, 0) is 21.4 Å². The molecule has 178 valence electrons. The number of piperazine rings is 1. The molecule has 1 amide bonds. The molecule has 3 aromatic carbocycles. The minimum Gasteiger partial charge on any atom is -0.340 e. The van der Waals surface area contributed by atoms with Gasteiger partial charge in [-0.3, -0.25) is 9.69 Å². The minimum absolute atomic E-state index is 0.0287. The van der Waals surface area contributed by atoms with E-state index in [4.69, 9.17) is 0 Å². The van der Waals surface area contributed by atoms with Gasteiger partial charge in [-0.15, -0.1) is 0 Å². The Morgan fingerprint density at radius 2 is 1.41 bits per heavy atom. The SMILES string of the molecule is O=C(C1CCN(Cc2cccc3ccccc23)CC1)N1CCN(S(=O)(=O)c2ccccc2)CC1. The molecule has 0 radical (unpaired) electrons. The molecule has 5 rings (SSSR count). The first-order chi connectivity index (χ1) is 16.5. The van der Waals surface area contributed by atoms with E-state index in [1.807, 2.05) is 11.0 Å². The Bertz CT molecular complexity index is 1240. The van der Waals surface area contributed by atoms with Gasteiger partial charge < -0.3 is 4.90 Å². The predicted octanol–water partition coefficient (Wildman–Crippen LogP) is 3.58. The van der Waals surface area contributed by atoms with E-state index in [0.717, 1.165) is 32.5 Å². The van der Waals surface area contributed by atoms with E-state index in [1.54, 1.807) is 24.3 Å². The molecule has 2 aliphatic heterocycles. The molecular formula is C27H31N3O3S. The number of sulfonamides is 1. The van der Waals surface area contributed by atoms with Gasteiger partial charge in [-0.05, 0) is 54.4 Å². The van der Waals surface area contributed by atoms with E-state index in [9.17, 15) is 13.2 Å². The number of carbonyl (C=O) groups is 1. The van der Waals surface area contributed by atoms with Crippen molar-refractivity contribution in [2.75, 3.05) is 39.3 Å². The van der Waals surface area contributed by atoms with Crippen molar-refractivity contribution >= 4 is 26.7 Å². The number of hydrogen-bond acceptors (Lipinski definition) is 4. The summed E-state index contributed by atoms with van der Waals surface area (Å²) in [6, 6.07) is 23.5. The summed E-state index contributed by atoms with van der Waals surface area (Å²) < 4.78 is 27.2. The molecular weight excluding hydrogens is 446 g/mol. The van der Waals surface area contributed by atoms with E-state index in [2.05, 4.69) is 47.4 Å². The van der Waals surface area contributed by atoms with Gasteiger partial charge in [0.05, 0.1) is 4.90 Å². The van der Waals surface area contributed by atoms with Gasteiger partial charge in [0.15, 0.2) is 0 Å². The lowest BCUT2D eigenvalue weighted by Crippen LogP contribution is -2.52. The zero-order chi connectivity index (χ0) is 23.5. The molecule has 2 saturated heterocycles. The van der Waals surface area contributed by atoms with Crippen molar-refractivity contribution in [3.63, 3.8) is 0 Å². The number of hydrogen-bond donors (Lipinski definition) is 0. The second-order valence-electron chi connectivity index (χ2n) is 9.23. The molecule has 2 heterocycles. The third-order valence-corrected chi connectivity index (χ3v) is 9.05. The van der Waals surface area contributed by atoms with Gasteiger partial charge >= 0.3 is 0 Å². The van der Waals surface area contributed by atoms with Crippen LogP contribution in [0, 0.1) is 5.92 Å². The third-order valence-electron chi connectivity index (χ3n) is 7.14. The lowest BCUT2D eigenvalue weighted by Gasteiger charge is -2.38. The first-order valence-electron chi connectivity index (χ1n) is 12.1. The van der Waals surface area contributed by atoms with E-state index in [1.165, 1.54) is 20.6 Å². The first kappa shape index (κ1) is 23.0. The molecule has 34 heavy (non-hydrogen) atoms. The summed E-state index contributed by atoms with van der Waals surface area (Å²) in [5, 5.41) is 2.56. The fourth-order valence-electron chi connectivity index (χ4n) is 5.16. The number of fused-ring (bicyclic) bond motifs is 1. The van der Waals surface area contributed by atoms with Crippen LogP contribution in [0.5, 0.6) is 0 Å². The summed E-state index contributed by atoms with van der Waals surface area (Å²) in [5.74, 6) is 0.211. The van der Waals surface area contributed by atoms with Crippen LogP contribution in [0.3, 0.4) is 0 Å². The minimum atomic E-state index is -3.50. The topological polar surface area (TPSA) is 60.9 Å². The van der Waals surface area contributed by atoms with Crippen molar-refractivity contribution in [3.8, 4) is 0 Å². The zero-order valence-electron chi connectivity index (χ0n) is 19.3. The highest BCUT2D eigenvalue weighted by atomic mass is 32.2. The van der Waals surface area contributed by atoms with Crippen molar-refractivity contribution < 1.29 is 13.2 Å². The molecule has 0 aromatic heterocycles. The molecule has 0 bridgehead atoms. The summed E-state index contributed by atoms with van der Waals surface area (Å²) >= 11 is 0. The standard InChI is InChI=1S/C27H31N3O3S/c31-27(29-17-19-30(20-18-29)34(32,33)25-10-2-1-3-11-25)23-13-15-28(16-14-23)21-24-9-6-8-22-7-4-5-12-26(22)24/h1-12,23H,13-21H2. The fraction of sp³-hybridized carbons (Fsp3) is 0.370. The van der Waals surface area contributed by atoms with E-state index < -0.39 is 10.0 Å². The monoisotopic (exact) mass is 477 g/mol. The van der Waals surface area contributed by atoms with Crippen molar-refractivity contribution in [2.24, 2.45) is 5.92 Å². The summed E-state index contributed by atoms with van der Waals surface area (Å²) in [5.41, 5.74) is 1.33. The molecule has 3 aromatic rings. The van der Waals surface area contributed by atoms with Crippen LogP contribution < -0.4 is 0 Å². The maximum absolute atomic E-state index is 13.2. The van der Waals surface area contributed by atoms with Gasteiger partial charge in [-0.25, -0.2) is 8.42 Å². The molecule has 0 N–H and O–H groups in total. The van der Waals surface area contributed by atoms with E-state index in [-0.39, 0.29) is 11.8 Å². The molecule has 0 atom stereocenters. The summed E-state index contributed by atoms with van der Waals surface area (Å²) in [4.78, 5) is 17.8. The van der Waals surface area contributed by atoms with Gasteiger partial charge in [-0.2, -0.15) is 4.31 Å². The largest absolute Gasteiger partial charge is 0.340 e. The average Bonchev–Trinajstić information content (AvgIpc) is 2.89. The van der Waals surface area contributed by atoms with Gasteiger partial charge in [-0.1, -0.05) is 60.7 Å². The zero-order valence-corrected chi connectivity index (χ0v) is 20.2. The van der Waals surface area contributed by atoms with Crippen LogP contribution in [0.25, 0.3) is 10.8 Å². The number of carbonyl (C=O) groups excluding carboxylic acids is 1. The normalized spacial score (nSPS) is 18.9. The molecule has 0 unspecified atom stereocenters. The first-order valence-corrected chi connectivity index (χ1v) is 13.5. The van der Waals surface area contributed by atoms with Gasteiger partial charge in [0.2, 0.25) is 15.9 Å². The van der Waals surface area contributed by atoms with Crippen LogP contribution in [0.15, 0.2) is 77.7 Å². The quantitative estimate of drug-likeness (QED) is 0.564. The van der Waals surface area contributed by atoms with E-state index >= 15 is 0 Å². The number of amides is 1. The summed E-state index contributed by atoms with van der Waals surface area (Å²) in [7, 11) is -3.50. The Kier molecular flexibility index (Phi) is 6.68. The Morgan fingerprint density at radius 3 is 2.15 bits per heavy atom. The molecule has 0 saturated carbocycles. The number of nitrogens with zero attached hydrogens (tertiary/aromatic N) is 3. The number of piperidine rings is 1. The van der Waals surface area contributed by atoms with Crippen LogP contribution >= 0.6 is 0 Å². The number of rotatable bonds is 5. The maximum atomic E-state index is 13.2. The van der Waals surface area contributed by atoms with Crippen LogP contribution in [0.4, 0.5) is 0 Å². The number of likely N-dealkylation sites (tertiary alicyclic amines) is 1. The Morgan fingerprint density at radius 1 is 0.765 bits per heavy atom. The summed E-state index contributed by atoms with van der Waals surface area (Å²) in [6.07, 6.45) is 1.71. The smallest absolute Gasteiger partial charge is 0.243 e. The lowest BCUT2D eigenvalue weighted by molar-refractivity contribution is -0.138. The highest BCUT2D eigenvalue weighted by Gasteiger charge is 2.33. The Hall–Kier alpha value is -2.74. The summed E-state index contributed by atoms with van der Waals surface area (Å²) in [6.45, 7) is 4.33. The van der Waals surface area contributed by atoms with Crippen LogP contribution in [0.1, 0.15) is 18.4 Å². The maximum Gasteiger partial charge on any atom is 0.243 e. The molecule has 0 spiro atoms. The highest BCUT2D eigenvalue weighted by molar-refractivity contribution is 7.89. The van der Waals surface area contributed by atoms with Crippen molar-refractivity contribution in [2.45, 2.75) is 24.3 Å². The molecule has 7 heteroatoms. The molecule has 2 fully saturated rings. The second-order valence-corrected chi connectivity index (χ2v) is 11.2. The Labute approximate surface area is 201 Å². The van der Waals surface area contributed by atoms with E-state index in [0.29, 0.717) is 31.1 Å². The fourth-order valence-corrected chi connectivity index (χ4v) is 6.60. The van der Waals surface area contributed by atoms with Gasteiger partial charge in [0.1, 0.15) is 0 Å². The van der Waals surface area contributed by atoms with Gasteiger partial charge in [0.25, 0.3) is 0 Å². The molecule has 0 aliphatic carbocycles. The van der Waals surface area contributed by atoms with Crippen molar-refractivity contribution in [1.29, 1.82) is 0 Å². The predicted molar refractivity (Wildman–Crippen MR) is 134 cm³/mol. The lowest BCUT2D eigenvalue weighted by atomic mass is 9.94. The highest BCUT2D eigenvalue weighted by Crippen LogP contribution is 2.25. The van der Waals surface area contributed by atoms with Crippen molar-refractivity contribution in [3.05, 3.63) is 78.4 Å². The number of benzene rings is 3. The molecule has 6 nitrogen and oxygen atoms in total. The van der Waals surface area contributed by atoms with Crippen LogP contribution in [0.2, 0.25) is 0 Å². The third kappa shape index (κ3) is 4.73. The van der Waals surface area contributed by atoms with Crippen LogP contribution in [-0.4, -0.2) is 67.7 Å². The van der Waals surface area contributed by atoms with Crippen molar-refractivity contribution in [1.82, 2.24) is 14.1 Å². The average molecular weight is 478 g/mol.